The number of aryl methyl sites for hydroxylation is 1. The Kier molecular flexibility index (Phi) is 7.45. The molecule has 10 nitrogen and oxygen atoms in total. The lowest BCUT2D eigenvalue weighted by Crippen LogP contribution is -2.42. The highest BCUT2D eigenvalue weighted by atomic mass is 32.2. The Morgan fingerprint density at radius 3 is 2.41 bits per heavy atom. The number of carbonyl (C=O) groups is 2. The Bertz CT molecular complexity index is 1650. The number of morpholine rings is 2. The fraction of sp³-hybridized carbons (Fsp3) is 0.400. The summed E-state index contributed by atoms with van der Waals surface area (Å²) in [5.41, 5.74) is 4.52. The monoisotopic (exact) mass is 578 g/mol. The molecule has 3 aliphatic rings. The van der Waals surface area contributed by atoms with Gasteiger partial charge in [-0.15, -0.1) is 0 Å². The van der Waals surface area contributed by atoms with E-state index in [1.165, 1.54) is 4.31 Å². The van der Waals surface area contributed by atoms with Gasteiger partial charge in [-0.1, -0.05) is 25.1 Å². The molecule has 6 rings (SSSR count). The number of benzene rings is 2. The molecule has 216 valence electrons. The maximum absolute atomic E-state index is 13.5. The molecule has 41 heavy (non-hydrogen) atoms. The van der Waals surface area contributed by atoms with Gasteiger partial charge < -0.3 is 23.8 Å². The lowest BCUT2D eigenvalue weighted by atomic mass is 10.0. The molecule has 0 saturated carbocycles. The van der Waals surface area contributed by atoms with Crippen molar-refractivity contribution >= 4 is 50.1 Å². The quantitative estimate of drug-likeness (QED) is 0.417. The summed E-state index contributed by atoms with van der Waals surface area (Å²) in [4.78, 5) is 30.2. The molecule has 2 saturated heterocycles. The van der Waals surface area contributed by atoms with Gasteiger partial charge in [0.2, 0.25) is 15.9 Å². The fourth-order valence-corrected chi connectivity index (χ4v) is 7.30. The van der Waals surface area contributed by atoms with E-state index in [1.807, 2.05) is 33.9 Å². The van der Waals surface area contributed by atoms with E-state index in [0.717, 1.165) is 28.5 Å². The number of hydrogen-bond acceptors (Lipinski definition) is 6. The van der Waals surface area contributed by atoms with Crippen molar-refractivity contribution in [2.45, 2.75) is 24.8 Å². The summed E-state index contributed by atoms with van der Waals surface area (Å²) in [6.07, 6.45) is 4.54. The number of rotatable bonds is 6. The number of anilines is 1. The first-order valence-corrected chi connectivity index (χ1v) is 15.4. The summed E-state index contributed by atoms with van der Waals surface area (Å²) in [5.74, 6) is -0.187. The molecule has 0 N–H and O–H groups in total. The largest absolute Gasteiger partial charge is 0.379 e. The minimum atomic E-state index is -3.74. The number of hydrogen-bond donors (Lipinski definition) is 0. The normalized spacial score (nSPS) is 19.4. The van der Waals surface area contributed by atoms with Crippen molar-refractivity contribution in [1.82, 2.24) is 13.8 Å². The van der Waals surface area contributed by atoms with Crippen molar-refractivity contribution in [2.75, 3.05) is 64.6 Å². The van der Waals surface area contributed by atoms with Gasteiger partial charge in [0, 0.05) is 61.5 Å². The van der Waals surface area contributed by atoms with Gasteiger partial charge in [-0.05, 0) is 36.3 Å². The molecule has 11 heteroatoms. The van der Waals surface area contributed by atoms with Crippen molar-refractivity contribution in [3.05, 3.63) is 59.3 Å². The lowest BCUT2D eigenvalue weighted by Gasteiger charge is -2.27. The minimum absolute atomic E-state index is 0.0234. The first kappa shape index (κ1) is 27.6. The number of amides is 2. The van der Waals surface area contributed by atoms with Gasteiger partial charge in [-0.25, -0.2) is 8.42 Å². The van der Waals surface area contributed by atoms with Gasteiger partial charge in [-0.3, -0.25) is 9.59 Å². The Balaban J connectivity index is 1.42. The number of aromatic nitrogens is 1. The maximum Gasteiger partial charge on any atom is 0.258 e. The Morgan fingerprint density at radius 1 is 1.00 bits per heavy atom. The second kappa shape index (κ2) is 11.1. The SMILES string of the molecule is CCc1cccc2c(C=C3C(=O)N(C)c4ccc(S(=O)(=O)N5CCOCC5)cc43)cn(CC(=O)N3CCOCC3)c12. The van der Waals surface area contributed by atoms with Crippen LogP contribution < -0.4 is 4.90 Å². The minimum Gasteiger partial charge on any atom is -0.379 e. The smallest absolute Gasteiger partial charge is 0.258 e. The zero-order valence-electron chi connectivity index (χ0n) is 23.3. The molecule has 0 aliphatic carbocycles. The Hall–Kier alpha value is -3.51. The number of ether oxygens (including phenoxy) is 2. The summed E-state index contributed by atoms with van der Waals surface area (Å²) < 4.78 is 40.9. The lowest BCUT2D eigenvalue weighted by molar-refractivity contribution is -0.135. The average Bonchev–Trinajstić information content (AvgIpc) is 3.47. The summed E-state index contributed by atoms with van der Waals surface area (Å²) in [6.45, 7) is 5.78. The molecule has 0 spiro atoms. The number of likely N-dealkylation sites (N-methyl/N-ethyl adjacent to an activating group) is 1. The van der Waals surface area contributed by atoms with Gasteiger partial charge in [0.1, 0.15) is 6.54 Å². The Labute approximate surface area is 239 Å². The molecule has 2 aromatic carbocycles. The zero-order chi connectivity index (χ0) is 28.7. The summed E-state index contributed by atoms with van der Waals surface area (Å²) in [6, 6.07) is 10.9. The number of carbonyl (C=O) groups excluding carboxylic acids is 2. The van der Waals surface area contributed by atoms with Crippen molar-refractivity contribution in [2.24, 2.45) is 0 Å². The molecule has 3 aliphatic heterocycles. The predicted octanol–water partition coefficient (Wildman–Crippen LogP) is 2.60. The molecule has 0 atom stereocenters. The van der Waals surface area contributed by atoms with Crippen LogP contribution in [0.25, 0.3) is 22.6 Å². The summed E-state index contributed by atoms with van der Waals surface area (Å²) in [5, 5.41) is 0.938. The van der Waals surface area contributed by atoms with E-state index >= 15 is 0 Å². The highest BCUT2D eigenvalue weighted by Gasteiger charge is 2.33. The van der Waals surface area contributed by atoms with E-state index in [2.05, 4.69) is 13.0 Å². The standard InChI is InChI=1S/C30H34N4O6S/c1-3-21-5-4-6-24-22(19-33(29(21)24)20-28(35)32-9-13-39-14-10-32)17-26-25-18-23(7-8-27(25)31(2)30(26)36)41(37,38)34-11-15-40-16-12-34/h4-8,17-19H,3,9-16,20H2,1-2H3. The second-order valence-electron chi connectivity index (χ2n) is 10.5. The number of para-hydroxylation sites is 1. The van der Waals surface area contributed by atoms with E-state index in [-0.39, 0.29) is 23.3 Å². The highest BCUT2D eigenvalue weighted by molar-refractivity contribution is 7.89. The number of nitrogens with zero attached hydrogens (tertiary/aromatic N) is 4. The molecule has 4 heterocycles. The van der Waals surface area contributed by atoms with Gasteiger partial charge >= 0.3 is 0 Å². The van der Waals surface area contributed by atoms with Gasteiger partial charge in [0.25, 0.3) is 5.91 Å². The molecular weight excluding hydrogens is 544 g/mol. The number of fused-ring (bicyclic) bond motifs is 2. The van der Waals surface area contributed by atoms with Crippen molar-refractivity contribution in [3.63, 3.8) is 0 Å². The molecule has 3 aromatic rings. The van der Waals surface area contributed by atoms with Crippen molar-refractivity contribution in [3.8, 4) is 0 Å². The topological polar surface area (TPSA) is 101 Å². The van der Waals surface area contributed by atoms with E-state index < -0.39 is 10.0 Å². The zero-order valence-corrected chi connectivity index (χ0v) is 24.2. The van der Waals surface area contributed by atoms with E-state index in [9.17, 15) is 18.0 Å². The van der Waals surface area contributed by atoms with Crippen LogP contribution in [0.15, 0.2) is 47.5 Å². The van der Waals surface area contributed by atoms with Crippen LogP contribution in [-0.2, 0) is 42.1 Å². The molecule has 0 bridgehead atoms. The molecule has 2 fully saturated rings. The van der Waals surface area contributed by atoms with Crippen molar-refractivity contribution in [1.29, 1.82) is 0 Å². The summed E-state index contributed by atoms with van der Waals surface area (Å²) in [7, 11) is -2.05. The van der Waals surface area contributed by atoms with Gasteiger partial charge in [0.05, 0.1) is 42.5 Å². The predicted molar refractivity (Wildman–Crippen MR) is 156 cm³/mol. The molecule has 1 aromatic heterocycles. The average molecular weight is 579 g/mol. The first-order chi connectivity index (χ1) is 19.8. The maximum atomic E-state index is 13.5. The molecular formula is C30H34N4O6S. The third kappa shape index (κ3) is 4.97. The van der Waals surface area contributed by atoms with Crippen LogP contribution in [0.3, 0.4) is 0 Å². The van der Waals surface area contributed by atoms with Gasteiger partial charge in [0.15, 0.2) is 0 Å². The van der Waals surface area contributed by atoms with Crippen LogP contribution in [-0.4, -0.2) is 93.7 Å². The van der Waals surface area contributed by atoms with Gasteiger partial charge in [-0.2, -0.15) is 4.31 Å². The highest BCUT2D eigenvalue weighted by Crippen LogP contribution is 2.40. The Morgan fingerprint density at radius 2 is 1.71 bits per heavy atom. The van der Waals surface area contributed by atoms with Crippen LogP contribution in [0.4, 0.5) is 5.69 Å². The summed E-state index contributed by atoms with van der Waals surface area (Å²) >= 11 is 0. The van der Waals surface area contributed by atoms with Crippen LogP contribution in [0.1, 0.15) is 23.6 Å². The number of sulfonamides is 1. The van der Waals surface area contributed by atoms with Crippen molar-refractivity contribution < 1.29 is 27.5 Å². The molecule has 0 radical (unpaired) electrons. The third-order valence-corrected chi connectivity index (χ3v) is 10.0. The first-order valence-electron chi connectivity index (χ1n) is 14.0. The molecule has 0 unspecified atom stereocenters. The van der Waals surface area contributed by atoms with Crippen LogP contribution in [0.5, 0.6) is 0 Å². The fourth-order valence-electron chi connectivity index (χ4n) is 5.87. The third-order valence-electron chi connectivity index (χ3n) is 8.13. The second-order valence-corrected chi connectivity index (χ2v) is 12.4. The van der Waals surface area contributed by atoms with Crippen LogP contribution in [0, 0.1) is 0 Å². The van der Waals surface area contributed by atoms with Crippen LogP contribution in [0.2, 0.25) is 0 Å². The molecule has 2 amide bonds. The van der Waals surface area contributed by atoms with E-state index in [4.69, 9.17) is 9.47 Å². The van der Waals surface area contributed by atoms with Crippen LogP contribution >= 0.6 is 0 Å². The van der Waals surface area contributed by atoms with E-state index in [0.29, 0.717) is 69.4 Å². The van der Waals surface area contributed by atoms with E-state index in [1.54, 1.807) is 30.1 Å².